The predicted octanol–water partition coefficient (Wildman–Crippen LogP) is 0.154. The van der Waals surface area contributed by atoms with Gasteiger partial charge in [-0.25, -0.2) is 0 Å². The zero-order valence-corrected chi connectivity index (χ0v) is 10.8. The van der Waals surface area contributed by atoms with Crippen LogP contribution in [-0.2, 0) is 14.3 Å². The maximum atomic E-state index is 11.5. The van der Waals surface area contributed by atoms with E-state index in [-0.39, 0.29) is 18.6 Å². The molecule has 0 aromatic rings. The van der Waals surface area contributed by atoms with Gasteiger partial charge in [-0.1, -0.05) is 6.92 Å². The summed E-state index contributed by atoms with van der Waals surface area (Å²) in [5.41, 5.74) is 0. The molecule has 0 aromatic carbocycles. The fourth-order valence-corrected chi connectivity index (χ4v) is 1.86. The molecule has 2 unspecified atom stereocenters. The molecule has 1 aliphatic heterocycles. The number of hydrogen-bond donors (Lipinski definition) is 2. The number of carbonyl (C=O) groups excluding carboxylic acids is 1. The molecular weight excluding hydrogens is 220 g/mol. The SMILES string of the molecule is COCCCNC(=O)COC1CNCCC1C. The zero-order chi connectivity index (χ0) is 12.5. The van der Waals surface area contributed by atoms with Crippen LogP contribution in [-0.4, -0.2) is 52.0 Å². The largest absolute Gasteiger partial charge is 0.385 e. The summed E-state index contributed by atoms with van der Waals surface area (Å²) in [7, 11) is 1.66. The third kappa shape index (κ3) is 6.00. The van der Waals surface area contributed by atoms with Gasteiger partial charge in [-0.2, -0.15) is 0 Å². The van der Waals surface area contributed by atoms with Crippen molar-refractivity contribution in [1.82, 2.24) is 10.6 Å². The molecule has 0 saturated carbocycles. The summed E-state index contributed by atoms with van der Waals surface area (Å²) in [6.45, 7) is 5.53. The van der Waals surface area contributed by atoms with Crippen molar-refractivity contribution in [3.05, 3.63) is 0 Å². The number of rotatable bonds is 7. The Labute approximate surface area is 103 Å². The average molecular weight is 244 g/mol. The Hall–Kier alpha value is -0.650. The van der Waals surface area contributed by atoms with Crippen molar-refractivity contribution in [2.75, 3.05) is 40.0 Å². The molecule has 5 nitrogen and oxygen atoms in total. The van der Waals surface area contributed by atoms with Gasteiger partial charge in [-0.3, -0.25) is 4.79 Å². The summed E-state index contributed by atoms with van der Waals surface area (Å²) < 4.78 is 10.5. The maximum Gasteiger partial charge on any atom is 0.246 e. The molecular formula is C12H24N2O3. The number of amides is 1. The lowest BCUT2D eigenvalue weighted by Crippen LogP contribution is -2.42. The van der Waals surface area contributed by atoms with Crippen LogP contribution in [0.4, 0.5) is 0 Å². The lowest BCUT2D eigenvalue weighted by atomic mass is 9.97. The smallest absolute Gasteiger partial charge is 0.246 e. The molecule has 2 N–H and O–H groups in total. The van der Waals surface area contributed by atoms with Crippen LogP contribution in [0.5, 0.6) is 0 Å². The summed E-state index contributed by atoms with van der Waals surface area (Å²) in [4.78, 5) is 11.5. The van der Waals surface area contributed by atoms with Crippen molar-refractivity contribution in [3.63, 3.8) is 0 Å². The Morgan fingerprint density at radius 1 is 1.53 bits per heavy atom. The highest BCUT2D eigenvalue weighted by atomic mass is 16.5. The first kappa shape index (κ1) is 14.4. The van der Waals surface area contributed by atoms with E-state index in [1.54, 1.807) is 7.11 Å². The lowest BCUT2D eigenvalue weighted by molar-refractivity contribution is -0.129. The first-order valence-corrected chi connectivity index (χ1v) is 6.32. The van der Waals surface area contributed by atoms with Crippen molar-refractivity contribution in [1.29, 1.82) is 0 Å². The van der Waals surface area contributed by atoms with E-state index in [4.69, 9.17) is 9.47 Å². The van der Waals surface area contributed by atoms with Crippen LogP contribution in [0.2, 0.25) is 0 Å². The summed E-state index contributed by atoms with van der Waals surface area (Å²) in [6, 6.07) is 0. The Morgan fingerprint density at radius 3 is 3.06 bits per heavy atom. The molecule has 17 heavy (non-hydrogen) atoms. The van der Waals surface area contributed by atoms with Gasteiger partial charge < -0.3 is 20.1 Å². The van der Waals surface area contributed by atoms with Crippen molar-refractivity contribution < 1.29 is 14.3 Å². The van der Waals surface area contributed by atoms with Gasteiger partial charge in [-0.15, -0.1) is 0 Å². The molecule has 100 valence electrons. The van der Waals surface area contributed by atoms with E-state index in [0.29, 0.717) is 19.1 Å². The van der Waals surface area contributed by atoms with E-state index in [1.807, 2.05) is 0 Å². The standard InChI is InChI=1S/C12H24N2O3/c1-10-4-6-13-8-11(10)17-9-12(15)14-5-3-7-16-2/h10-11,13H,3-9H2,1-2H3,(H,14,15). The molecule has 1 rings (SSSR count). The van der Waals surface area contributed by atoms with Gasteiger partial charge >= 0.3 is 0 Å². The highest BCUT2D eigenvalue weighted by Gasteiger charge is 2.22. The first-order valence-electron chi connectivity index (χ1n) is 6.32. The van der Waals surface area contributed by atoms with Crippen LogP contribution >= 0.6 is 0 Å². The molecule has 2 atom stereocenters. The van der Waals surface area contributed by atoms with E-state index in [2.05, 4.69) is 17.6 Å². The van der Waals surface area contributed by atoms with Gasteiger partial charge in [0.05, 0.1) is 6.10 Å². The zero-order valence-electron chi connectivity index (χ0n) is 10.8. The highest BCUT2D eigenvalue weighted by Crippen LogP contribution is 2.14. The number of nitrogens with one attached hydrogen (secondary N) is 2. The fourth-order valence-electron chi connectivity index (χ4n) is 1.86. The molecule has 0 aromatic heterocycles. The second kappa shape index (κ2) is 8.44. The van der Waals surface area contributed by atoms with Crippen LogP contribution < -0.4 is 10.6 Å². The molecule has 1 heterocycles. The number of carbonyl (C=O) groups is 1. The third-order valence-electron chi connectivity index (χ3n) is 3.03. The van der Waals surface area contributed by atoms with Gasteiger partial charge in [0.1, 0.15) is 6.61 Å². The summed E-state index contributed by atoms with van der Waals surface area (Å²) in [6.07, 6.45) is 2.11. The molecule has 1 fully saturated rings. The third-order valence-corrected chi connectivity index (χ3v) is 3.03. The van der Waals surface area contributed by atoms with Crippen LogP contribution in [0.1, 0.15) is 19.8 Å². The molecule has 0 radical (unpaired) electrons. The average Bonchev–Trinajstić information content (AvgIpc) is 2.34. The Bertz CT molecular complexity index is 224. The van der Waals surface area contributed by atoms with Gasteiger partial charge in [0.25, 0.3) is 0 Å². The van der Waals surface area contributed by atoms with Crippen molar-refractivity contribution in [3.8, 4) is 0 Å². The predicted molar refractivity (Wildman–Crippen MR) is 65.9 cm³/mol. The number of piperidine rings is 1. The molecule has 1 amide bonds. The van der Waals surface area contributed by atoms with Crippen LogP contribution in [0.25, 0.3) is 0 Å². The Kier molecular flexibility index (Phi) is 7.16. The van der Waals surface area contributed by atoms with E-state index < -0.39 is 0 Å². The normalized spacial score (nSPS) is 24.6. The molecule has 5 heteroatoms. The summed E-state index contributed by atoms with van der Waals surface area (Å²) in [5, 5.41) is 6.08. The number of methoxy groups -OCH3 is 1. The molecule has 1 saturated heterocycles. The molecule has 1 aliphatic rings. The first-order chi connectivity index (χ1) is 8.24. The van der Waals surface area contributed by atoms with Crippen molar-refractivity contribution in [2.45, 2.75) is 25.9 Å². The van der Waals surface area contributed by atoms with E-state index in [1.165, 1.54) is 0 Å². The van der Waals surface area contributed by atoms with Crippen LogP contribution in [0.3, 0.4) is 0 Å². The highest BCUT2D eigenvalue weighted by molar-refractivity contribution is 5.77. The monoisotopic (exact) mass is 244 g/mol. The Balaban J connectivity index is 2.06. The summed E-state index contributed by atoms with van der Waals surface area (Å²) in [5.74, 6) is 0.483. The van der Waals surface area contributed by atoms with Gasteiger partial charge in [0.2, 0.25) is 5.91 Å². The molecule has 0 bridgehead atoms. The fraction of sp³-hybridized carbons (Fsp3) is 0.917. The van der Waals surface area contributed by atoms with Crippen molar-refractivity contribution in [2.24, 2.45) is 5.92 Å². The van der Waals surface area contributed by atoms with Crippen molar-refractivity contribution >= 4 is 5.91 Å². The number of ether oxygens (including phenoxy) is 2. The minimum Gasteiger partial charge on any atom is -0.385 e. The second-order valence-electron chi connectivity index (χ2n) is 4.52. The number of hydrogen-bond acceptors (Lipinski definition) is 4. The maximum absolute atomic E-state index is 11.5. The summed E-state index contributed by atoms with van der Waals surface area (Å²) >= 11 is 0. The molecule has 0 spiro atoms. The quantitative estimate of drug-likeness (QED) is 0.626. The van der Waals surface area contributed by atoms with Gasteiger partial charge in [0, 0.05) is 26.8 Å². The van der Waals surface area contributed by atoms with E-state index in [0.717, 1.165) is 25.9 Å². The topological polar surface area (TPSA) is 59.6 Å². The minimum atomic E-state index is -0.0427. The minimum absolute atomic E-state index is 0.0427. The van der Waals surface area contributed by atoms with Gasteiger partial charge in [-0.05, 0) is 25.3 Å². The molecule has 0 aliphatic carbocycles. The van der Waals surface area contributed by atoms with Crippen LogP contribution in [0, 0.1) is 5.92 Å². The lowest BCUT2D eigenvalue weighted by Gasteiger charge is -2.29. The second-order valence-corrected chi connectivity index (χ2v) is 4.52. The Morgan fingerprint density at radius 2 is 2.35 bits per heavy atom. The van der Waals surface area contributed by atoms with E-state index >= 15 is 0 Å². The van der Waals surface area contributed by atoms with Gasteiger partial charge in [0.15, 0.2) is 0 Å². The van der Waals surface area contributed by atoms with Crippen LogP contribution in [0.15, 0.2) is 0 Å². The van der Waals surface area contributed by atoms with E-state index in [9.17, 15) is 4.79 Å².